The highest BCUT2D eigenvalue weighted by Crippen LogP contribution is 2.45. The Morgan fingerprint density at radius 2 is 1.95 bits per heavy atom. The van der Waals surface area contributed by atoms with Gasteiger partial charge in [0, 0.05) is 19.5 Å². The highest BCUT2D eigenvalue weighted by molar-refractivity contribution is 7.26. The second kappa shape index (κ2) is 5.75. The number of carboxylic acids is 1. The highest BCUT2D eigenvalue weighted by atomic mass is 32.1. The lowest BCUT2D eigenvalue weighted by molar-refractivity contribution is 0.0702. The third kappa shape index (κ3) is 2.57. The Balaban J connectivity index is 2.13. The van der Waals surface area contributed by atoms with E-state index in [1.54, 1.807) is 28.7 Å². The van der Waals surface area contributed by atoms with Crippen molar-refractivity contribution in [3.05, 3.63) is 45.6 Å². The van der Waals surface area contributed by atoms with Crippen molar-refractivity contribution in [3.8, 4) is 19.5 Å². The highest BCUT2D eigenvalue weighted by Gasteiger charge is 2.19. The number of rotatable bonds is 4. The normalized spacial score (nSPS) is 11.0. The first kappa shape index (κ1) is 14.5. The van der Waals surface area contributed by atoms with Crippen LogP contribution < -0.4 is 0 Å². The Kier molecular flexibility index (Phi) is 3.97. The first-order valence-corrected chi connectivity index (χ1v) is 9.12. The van der Waals surface area contributed by atoms with Crippen molar-refractivity contribution >= 4 is 40.0 Å². The standard InChI is InChI=1S/C16H14O2S3/c1-3-10-9(2)14(11-5-4-8-19-11)21-15(10)12-6-7-13(20-12)16(17)18/h4-8H,3H2,1-2H3,(H,17,18). The van der Waals surface area contributed by atoms with E-state index in [1.165, 1.54) is 37.1 Å². The lowest BCUT2D eigenvalue weighted by Crippen LogP contribution is -1.89. The molecule has 0 atom stereocenters. The fourth-order valence-electron chi connectivity index (χ4n) is 2.39. The number of hydrogen-bond acceptors (Lipinski definition) is 4. The first-order valence-electron chi connectivity index (χ1n) is 6.61. The maximum absolute atomic E-state index is 11.1. The van der Waals surface area contributed by atoms with Crippen LogP contribution in [0, 0.1) is 6.92 Å². The zero-order valence-electron chi connectivity index (χ0n) is 11.7. The molecular formula is C16H14O2S3. The molecule has 108 valence electrons. The second-order valence-electron chi connectivity index (χ2n) is 4.66. The Morgan fingerprint density at radius 3 is 2.52 bits per heavy atom. The van der Waals surface area contributed by atoms with Gasteiger partial charge in [0.1, 0.15) is 4.88 Å². The van der Waals surface area contributed by atoms with Gasteiger partial charge in [-0.15, -0.1) is 34.0 Å². The average Bonchev–Trinajstić information content (AvgIpc) is 3.17. The Labute approximate surface area is 135 Å². The average molecular weight is 334 g/mol. The lowest BCUT2D eigenvalue weighted by atomic mass is 10.1. The van der Waals surface area contributed by atoms with Crippen LogP contribution in [-0.2, 0) is 6.42 Å². The van der Waals surface area contributed by atoms with E-state index in [-0.39, 0.29) is 0 Å². The molecule has 0 saturated heterocycles. The molecule has 1 N–H and O–H groups in total. The van der Waals surface area contributed by atoms with E-state index in [0.29, 0.717) is 4.88 Å². The molecule has 0 unspecified atom stereocenters. The maximum atomic E-state index is 11.1. The van der Waals surface area contributed by atoms with Crippen LogP contribution in [0.2, 0.25) is 0 Å². The molecule has 0 aromatic carbocycles. The second-order valence-corrected chi connectivity index (χ2v) is 7.72. The number of aromatic carboxylic acids is 1. The zero-order chi connectivity index (χ0) is 15.0. The molecule has 0 radical (unpaired) electrons. The minimum Gasteiger partial charge on any atom is -0.477 e. The summed E-state index contributed by atoms with van der Waals surface area (Å²) in [6.07, 6.45) is 0.962. The van der Waals surface area contributed by atoms with Gasteiger partial charge in [0.15, 0.2) is 0 Å². The molecule has 0 saturated carbocycles. The summed E-state index contributed by atoms with van der Waals surface area (Å²) in [6.45, 7) is 4.32. The lowest BCUT2D eigenvalue weighted by Gasteiger charge is -1.99. The predicted molar refractivity (Wildman–Crippen MR) is 92.0 cm³/mol. The van der Waals surface area contributed by atoms with Gasteiger partial charge in [0.25, 0.3) is 0 Å². The van der Waals surface area contributed by atoms with Crippen LogP contribution in [0.15, 0.2) is 29.6 Å². The molecule has 3 aromatic heterocycles. The van der Waals surface area contributed by atoms with Crippen LogP contribution in [0.5, 0.6) is 0 Å². The molecule has 21 heavy (non-hydrogen) atoms. The van der Waals surface area contributed by atoms with Crippen molar-refractivity contribution in [3.63, 3.8) is 0 Å². The van der Waals surface area contributed by atoms with Gasteiger partial charge in [-0.1, -0.05) is 13.0 Å². The summed E-state index contributed by atoms with van der Waals surface area (Å²) >= 11 is 4.88. The number of carboxylic acid groups (broad SMARTS) is 1. The SMILES string of the molecule is CCc1c(-c2ccc(C(=O)O)s2)sc(-c2cccs2)c1C. The quantitative estimate of drug-likeness (QED) is 0.657. The summed E-state index contributed by atoms with van der Waals surface area (Å²) < 4.78 is 0. The molecule has 3 aromatic rings. The number of thiophene rings is 3. The molecule has 0 fully saturated rings. The molecule has 0 aliphatic heterocycles. The summed E-state index contributed by atoms with van der Waals surface area (Å²) in [4.78, 5) is 16.3. The molecule has 3 heterocycles. The largest absolute Gasteiger partial charge is 0.477 e. The van der Waals surface area contributed by atoms with Crippen LogP contribution in [-0.4, -0.2) is 11.1 Å². The van der Waals surface area contributed by atoms with Crippen molar-refractivity contribution in [2.24, 2.45) is 0 Å². The van der Waals surface area contributed by atoms with Gasteiger partial charge in [-0.3, -0.25) is 0 Å². The van der Waals surface area contributed by atoms with Gasteiger partial charge < -0.3 is 5.11 Å². The van der Waals surface area contributed by atoms with Crippen LogP contribution in [0.25, 0.3) is 19.5 Å². The summed E-state index contributed by atoms with van der Waals surface area (Å²) in [5, 5.41) is 11.2. The molecule has 3 rings (SSSR count). The summed E-state index contributed by atoms with van der Waals surface area (Å²) in [7, 11) is 0. The minimum absolute atomic E-state index is 0.399. The summed E-state index contributed by atoms with van der Waals surface area (Å²) in [5.74, 6) is -0.851. The van der Waals surface area contributed by atoms with Crippen LogP contribution >= 0.6 is 34.0 Å². The van der Waals surface area contributed by atoms with E-state index in [9.17, 15) is 4.79 Å². The van der Waals surface area contributed by atoms with Crippen molar-refractivity contribution in [1.29, 1.82) is 0 Å². The number of carbonyl (C=O) groups is 1. The first-order chi connectivity index (χ1) is 10.1. The number of hydrogen-bond donors (Lipinski definition) is 1. The van der Waals surface area contributed by atoms with Crippen molar-refractivity contribution in [2.45, 2.75) is 20.3 Å². The third-order valence-electron chi connectivity index (χ3n) is 3.41. The minimum atomic E-state index is -0.851. The Bertz CT molecular complexity index is 779. The molecule has 5 heteroatoms. The monoisotopic (exact) mass is 334 g/mol. The molecule has 2 nitrogen and oxygen atoms in total. The van der Waals surface area contributed by atoms with Gasteiger partial charge in [-0.2, -0.15) is 0 Å². The summed E-state index contributed by atoms with van der Waals surface area (Å²) in [6, 6.07) is 7.83. The maximum Gasteiger partial charge on any atom is 0.345 e. The van der Waals surface area contributed by atoms with E-state index in [0.717, 1.165) is 11.3 Å². The van der Waals surface area contributed by atoms with Gasteiger partial charge >= 0.3 is 5.97 Å². The fourth-order valence-corrected chi connectivity index (χ4v) is 5.68. The molecule has 0 aliphatic carbocycles. The van der Waals surface area contributed by atoms with Crippen LogP contribution in [0.3, 0.4) is 0 Å². The van der Waals surface area contributed by atoms with E-state index in [2.05, 4.69) is 31.4 Å². The topological polar surface area (TPSA) is 37.3 Å². The van der Waals surface area contributed by atoms with Gasteiger partial charge in [-0.25, -0.2) is 4.79 Å². The molecule has 0 amide bonds. The van der Waals surface area contributed by atoms with Crippen molar-refractivity contribution < 1.29 is 9.90 Å². The predicted octanol–water partition coefficient (Wildman–Crippen LogP) is 5.77. The Morgan fingerprint density at radius 1 is 1.14 bits per heavy atom. The van der Waals surface area contributed by atoms with Crippen LogP contribution in [0.4, 0.5) is 0 Å². The summed E-state index contributed by atoms with van der Waals surface area (Å²) in [5.41, 5.74) is 2.66. The van der Waals surface area contributed by atoms with E-state index >= 15 is 0 Å². The molecule has 0 aliphatic rings. The third-order valence-corrected chi connectivity index (χ3v) is 7.05. The van der Waals surface area contributed by atoms with E-state index < -0.39 is 5.97 Å². The van der Waals surface area contributed by atoms with Crippen LogP contribution in [0.1, 0.15) is 27.7 Å². The fraction of sp³-hybridized carbons (Fsp3) is 0.188. The van der Waals surface area contributed by atoms with Crippen molar-refractivity contribution in [1.82, 2.24) is 0 Å². The zero-order valence-corrected chi connectivity index (χ0v) is 14.1. The molecule has 0 bridgehead atoms. The van der Waals surface area contributed by atoms with Crippen molar-refractivity contribution in [2.75, 3.05) is 0 Å². The molecule has 0 spiro atoms. The van der Waals surface area contributed by atoms with E-state index in [1.807, 2.05) is 6.07 Å². The van der Waals surface area contributed by atoms with E-state index in [4.69, 9.17) is 5.11 Å². The van der Waals surface area contributed by atoms with Gasteiger partial charge in [0.2, 0.25) is 0 Å². The van der Waals surface area contributed by atoms with Gasteiger partial charge in [0.05, 0.1) is 0 Å². The molecular weight excluding hydrogens is 320 g/mol. The Hall–Kier alpha value is -1.43. The smallest absolute Gasteiger partial charge is 0.345 e. The van der Waals surface area contributed by atoms with Gasteiger partial charge in [-0.05, 0) is 48.1 Å².